The number of furan rings is 1. The van der Waals surface area contributed by atoms with Crippen LogP contribution in [0.4, 0.5) is 0 Å². The van der Waals surface area contributed by atoms with E-state index >= 15 is 0 Å². The van der Waals surface area contributed by atoms with Crippen molar-refractivity contribution in [2.24, 2.45) is 0 Å². The summed E-state index contributed by atoms with van der Waals surface area (Å²) in [7, 11) is 1.31. The van der Waals surface area contributed by atoms with Crippen LogP contribution in [0, 0.1) is 0 Å². The summed E-state index contributed by atoms with van der Waals surface area (Å²) in [6, 6.07) is 19.0. The van der Waals surface area contributed by atoms with Crippen LogP contribution in [-0.4, -0.2) is 28.0 Å². The third kappa shape index (κ3) is 3.22. The van der Waals surface area contributed by atoms with E-state index in [4.69, 9.17) is 14.3 Å². The van der Waals surface area contributed by atoms with Crippen LogP contribution in [-0.2, 0) is 17.9 Å². The lowest BCUT2D eigenvalue weighted by molar-refractivity contribution is 0.0566. The van der Waals surface area contributed by atoms with Gasteiger partial charge in [0.25, 0.3) is 0 Å². The van der Waals surface area contributed by atoms with Crippen LogP contribution < -0.4 is 0 Å². The van der Waals surface area contributed by atoms with Gasteiger partial charge < -0.3 is 14.3 Å². The van der Waals surface area contributed by atoms with Gasteiger partial charge in [0.15, 0.2) is 5.76 Å². The number of aliphatic hydroxyl groups excluding tert-OH is 1. The molecule has 2 aromatic heterocycles. The van der Waals surface area contributed by atoms with Gasteiger partial charge in [-0.15, -0.1) is 0 Å². The van der Waals surface area contributed by atoms with E-state index in [1.54, 1.807) is 12.1 Å². The fraction of sp³-hybridized carbons (Fsp3) is 0.143. The molecule has 0 aliphatic heterocycles. The molecule has 1 N–H and O–H groups in total. The highest BCUT2D eigenvalue weighted by atomic mass is 16.5. The quantitative estimate of drug-likeness (QED) is 0.549. The fourth-order valence-electron chi connectivity index (χ4n) is 3.05. The summed E-state index contributed by atoms with van der Waals surface area (Å²) >= 11 is 0. The minimum Gasteiger partial charge on any atom is -0.463 e. The molecule has 4 aromatic rings. The Balaban J connectivity index is 1.83. The number of carbonyl (C=O) groups excluding carboxylic acids is 1. The lowest BCUT2D eigenvalue weighted by atomic mass is 10.1. The van der Waals surface area contributed by atoms with Crippen molar-refractivity contribution in [3.8, 4) is 11.5 Å². The number of esters is 1. The van der Waals surface area contributed by atoms with Crippen molar-refractivity contribution in [2.75, 3.05) is 7.11 Å². The predicted molar refractivity (Wildman–Crippen MR) is 100 cm³/mol. The third-order valence-corrected chi connectivity index (χ3v) is 4.40. The molecule has 0 atom stereocenters. The monoisotopic (exact) mass is 362 g/mol. The van der Waals surface area contributed by atoms with Crippen LogP contribution in [0.2, 0.25) is 0 Å². The first-order valence-electron chi connectivity index (χ1n) is 8.52. The highest BCUT2D eigenvalue weighted by molar-refractivity contribution is 5.93. The highest BCUT2D eigenvalue weighted by Crippen LogP contribution is 2.30. The van der Waals surface area contributed by atoms with Gasteiger partial charge in [0.05, 0.1) is 25.8 Å². The SMILES string of the molecule is COC(=O)c1ccc(-c2nn(Cc3ccccc3)c3cc(CO)ccc23)o1. The van der Waals surface area contributed by atoms with Gasteiger partial charge in [0.1, 0.15) is 5.69 Å². The van der Waals surface area contributed by atoms with Crippen molar-refractivity contribution in [1.29, 1.82) is 0 Å². The van der Waals surface area contributed by atoms with E-state index in [9.17, 15) is 9.90 Å². The van der Waals surface area contributed by atoms with E-state index in [1.807, 2.05) is 53.2 Å². The van der Waals surface area contributed by atoms with Gasteiger partial charge in [-0.05, 0) is 29.3 Å². The zero-order chi connectivity index (χ0) is 18.8. The number of aliphatic hydroxyl groups is 1. The van der Waals surface area contributed by atoms with E-state index in [0.717, 1.165) is 22.0 Å². The first-order chi connectivity index (χ1) is 13.2. The summed E-state index contributed by atoms with van der Waals surface area (Å²) in [5, 5.41) is 15.1. The maximum atomic E-state index is 11.7. The molecule has 0 spiro atoms. The van der Waals surface area contributed by atoms with Crippen molar-refractivity contribution in [1.82, 2.24) is 9.78 Å². The molecule has 0 radical (unpaired) electrons. The number of nitrogens with zero attached hydrogens (tertiary/aromatic N) is 2. The Labute approximate surface area is 155 Å². The minimum absolute atomic E-state index is 0.0466. The van der Waals surface area contributed by atoms with Gasteiger partial charge in [0, 0.05) is 5.39 Å². The summed E-state index contributed by atoms with van der Waals surface area (Å²) < 4.78 is 12.2. The lowest BCUT2D eigenvalue weighted by Crippen LogP contribution is -2.01. The molecular weight excluding hydrogens is 344 g/mol. The Bertz CT molecular complexity index is 1100. The molecule has 136 valence electrons. The van der Waals surface area contributed by atoms with Crippen LogP contribution in [0.25, 0.3) is 22.4 Å². The maximum absolute atomic E-state index is 11.7. The standard InChI is InChI=1S/C21H18N2O4/c1-26-21(25)19-10-9-18(27-19)20-16-8-7-15(13-24)11-17(16)23(22-20)12-14-5-3-2-4-6-14/h2-11,24H,12-13H2,1H3. The zero-order valence-corrected chi connectivity index (χ0v) is 14.8. The number of hydrogen-bond acceptors (Lipinski definition) is 5. The molecule has 4 rings (SSSR count). The summed E-state index contributed by atoms with van der Waals surface area (Å²) in [6.07, 6.45) is 0. The van der Waals surface area contributed by atoms with E-state index in [-0.39, 0.29) is 12.4 Å². The number of aromatic nitrogens is 2. The average molecular weight is 362 g/mol. The van der Waals surface area contributed by atoms with Gasteiger partial charge >= 0.3 is 5.97 Å². The molecule has 0 aliphatic carbocycles. The molecule has 0 bridgehead atoms. The molecule has 6 heteroatoms. The Morgan fingerprint density at radius 1 is 1.11 bits per heavy atom. The second kappa shape index (κ2) is 7.09. The van der Waals surface area contributed by atoms with Crippen molar-refractivity contribution in [3.05, 3.63) is 77.6 Å². The normalized spacial score (nSPS) is 11.0. The summed E-state index contributed by atoms with van der Waals surface area (Å²) in [4.78, 5) is 11.7. The summed E-state index contributed by atoms with van der Waals surface area (Å²) in [5.74, 6) is 0.0889. The van der Waals surface area contributed by atoms with Crippen LogP contribution >= 0.6 is 0 Å². The van der Waals surface area contributed by atoms with Crippen molar-refractivity contribution in [2.45, 2.75) is 13.2 Å². The number of benzene rings is 2. The predicted octanol–water partition coefficient (Wildman–Crippen LogP) is 3.62. The lowest BCUT2D eigenvalue weighted by Gasteiger charge is -2.04. The van der Waals surface area contributed by atoms with Gasteiger partial charge in [-0.2, -0.15) is 5.10 Å². The number of fused-ring (bicyclic) bond motifs is 1. The first kappa shape index (κ1) is 17.1. The summed E-state index contributed by atoms with van der Waals surface area (Å²) in [6.45, 7) is 0.534. The Morgan fingerprint density at radius 2 is 1.93 bits per heavy atom. The molecule has 0 fully saturated rings. The largest absolute Gasteiger partial charge is 0.463 e. The highest BCUT2D eigenvalue weighted by Gasteiger charge is 2.18. The molecule has 0 aliphatic rings. The number of carbonyl (C=O) groups is 1. The van der Waals surface area contributed by atoms with Crippen LogP contribution in [0.15, 0.2) is 65.1 Å². The van der Waals surface area contributed by atoms with Crippen molar-refractivity contribution in [3.63, 3.8) is 0 Å². The molecule has 6 nitrogen and oxygen atoms in total. The second-order valence-corrected chi connectivity index (χ2v) is 6.16. The zero-order valence-electron chi connectivity index (χ0n) is 14.8. The number of ether oxygens (including phenoxy) is 1. The minimum atomic E-state index is -0.531. The van der Waals surface area contributed by atoms with Crippen LogP contribution in [0.1, 0.15) is 21.7 Å². The van der Waals surface area contributed by atoms with Crippen LogP contribution in [0.5, 0.6) is 0 Å². The van der Waals surface area contributed by atoms with E-state index < -0.39 is 5.97 Å². The second-order valence-electron chi connectivity index (χ2n) is 6.16. The molecule has 0 saturated heterocycles. The Kier molecular flexibility index (Phi) is 4.48. The molecule has 0 saturated carbocycles. The number of methoxy groups -OCH3 is 1. The number of rotatable bonds is 5. The third-order valence-electron chi connectivity index (χ3n) is 4.40. The molecule has 27 heavy (non-hydrogen) atoms. The first-order valence-corrected chi connectivity index (χ1v) is 8.52. The van der Waals surface area contributed by atoms with E-state index in [2.05, 4.69) is 0 Å². The van der Waals surface area contributed by atoms with E-state index in [0.29, 0.717) is 18.0 Å². The molecule has 2 aromatic carbocycles. The fourth-order valence-corrected chi connectivity index (χ4v) is 3.05. The van der Waals surface area contributed by atoms with E-state index in [1.165, 1.54) is 7.11 Å². The smallest absolute Gasteiger partial charge is 0.373 e. The average Bonchev–Trinajstić information content (AvgIpc) is 3.33. The Hall–Kier alpha value is -3.38. The molecule has 2 heterocycles. The molecular formula is C21H18N2O4. The van der Waals surface area contributed by atoms with Crippen molar-refractivity contribution < 1.29 is 19.1 Å². The summed E-state index contributed by atoms with van der Waals surface area (Å²) in [5.41, 5.74) is 3.44. The van der Waals surface area contributed by atoms with Crippen LogP contribution in [0.3, 0.4) is 0 Å². The topological polar surface area (TPSA) is 77.5 Å². The van der Waals surface area contributed by atoms with Crippen molar-refractivity contribution >= 4 is 16.9 Å². The van der Waals surface area contributed by atoms with Gasteiger partial charge in [-0.25, -0.2) is 4.79 Å². The van der Waals surface area contributed by atoms with Gasteiger partial charge in [0.2, 0.25) is 5.76 Å². The number of hydrogen-bond donors (Lipinski definition) is 1. The van der Waals surface area contributed by atoms with Gasteiger partial charge in [-0.1, -0.05) is 42.5 Å². The van der Waals surface area contributed by atoms with Gasteiger partial charge in [-0.3, -0.25) is 4.68 Å². The molecule has 0 unspecified atom stereocenters. The Morgan fingerprint density at radius 3 is 2.67 bits per heavy atom. The molecule has 0 amide bonds. The maximum Gasteiger partial charge on any atom is 0.373 e.